The summed E-state index contributed by atoms with van der Waals surface area (Å²) in [5.74, 6) is 2.59. The van der Waals surface area contributed by atoms with Gasteiger partial charge < -0.3 is 4.74 Å². The van der Waals surface area contributed by atoms with Gasteiger partial charge in [-0.15, -0.1) is 0 Å². The molecule has 0 spiro atoms. The van der Waals surface area contributed by atoms with Gasteiger partial charge in [0.1, 0.15) is 5.75 Å². The van der Waals surface area contributed by atoms with E-state index in [1.807, 2.05) is 19.1 Å². The van der Waals surface area contributed by atoms with E-state index in [0.717, 1.165) is 22.9 Å². The van der Waals surface area contributed by atoms with E-state index in [1.54, 1.807) is 0 Å². The molecule has 0 bridgehead atoms. The van der Waals surface area contributed by atoms with Crippen molar-refractivity contribution in [3.63, 3.8) is 0 Å². The number of aromatic nitrogens is 1. The number of hydrogen-bond acceptors (Lipinski definition) is 2. The van der Waals surface area contributed by atoms with Crippen molar-refractivity contribution >= 4 is 0 Å². The van der Waals surface area contributed by atoms with Gasteiger partial charge in [-0.1, -0.05) is 38.7 Å². The molecule has 0 radical (unpaired) electrons. The molecule has 0 atom stereocenters. The Morgan fingerprint density at radius 2 is 1.69 bits per heavy atom. The molecule has 2 heteroatoms. The molecule has 2 aromatic rings. The second kappa shape index (κ2) is 9.75. The maximum atomic E-state index is 5.51. The van der Waals surface area contributed by atoms with Crippen LogP contribution in [0, 0.1) is 5.92 Å². The smallest absolute Gasteiger partial charge is 0.119 e. The van der Waals surface area contributed by atoms with E-state index in [1.165, 1.54) is 56.9 Å². The van der Waals surface area contributed by atoms with E-state index < -0.39 is 0 Å². The second-order valence-corrected chi connectivity index (χ2v) is 7.65. The molecule has 0 unspecified atom stereocenters. The molecule has 1 fully saturated rings. The number of rotatable bonds is 8. The number of benzene rings is 1. The van der Waals surface area contributed by atoms with Gasteiger partial charge >= 0.3 is 0 Å². The van der Waals surface area contributed by atoms with Crippen molar-refractivity contribution < 1.29 is 4.74 Å². The average molecular weight is 352 g/mol. The van der Waals surface area contributed by atoms with Gasteiger partial charge in [0, 0.05) is 11.8 Å². The first-order chi connectivity index (χ1) is 12.8. The fourth-order valence-electron chi connectivity index (χ4n) is 4.17. The first kappa shape index (κ1) is 18.9. The summed E-state index contributed by atoms with van der Waals surface area (Å²) in [6.07, 6.45) is 13.2. The molecule has 1 heterocycles. The predicted octanol–water partition coefficient (Wildman–Crippen LogP) is 7.00. The van der Waals surface area contributed by atoms with Gasteiger partial charge in [0.2, 0.25) is 0 Å². The molecule has 140 valence electrons. The van der Waals surface area contributed by atoms with E-state index in [-0.39, 0.29) is 0 Å². The maximum Gasteiger partial charge on any atom is 0.119 e. The van der Waals surface area contributed by atoms with Crippen LogP contribution in [0.1, 0.15) is 76.7 Å². The minimum Gasteiger partial charge on any atom is -0.494 e. The van der Waals surface area contributed by atoms with Gasteiger partial charge in [0.15, 0.2) is 0 Å². The van der Waals surface area contributed by atoms with Crippen LogP contribution in [-0.4, -0.2) is 11.6 Å². The number of unbranched alkanes of at least 4 members (excludes halogenated alkanes) is 2. The lowest BCUT2D eigenvalue weighted by molar-refractivity contribution is 0.302. The lowest BCUT2D eigenvalue weighted by atomic mass is 9.77. The van der Waals surface area contributed by atoms with Gasteiger partial charge in [0.05, 0.1) is 12.3 Å². The highest BCUT2D eigenvalue weighted by Crippen LogP contribution is 2.37. The van der Waals surface area contributed by atoms with Crippen molar-refractivity contribution in [3.8, 4) is 17.0 Å². The maximum absolute atomic E-state index is 5.51. The Bertz CT molecular complexity index is 639. The Hall–Kier alpha value is -1.83. The third-order valence-electron chi connectivity index (χ3n) is 5.78. The highest BCUT2D eigenvalue weighted by atomic mass is 16.5. The summed E-state index contributed by atoms with van der Waals surface area (Å²) in [7, 11) is 0. The number of hydrogen-bond donors (Lipinski definition) is 0. The van der Waals surface area contributed by atoms with E-state index in [4.69, 9.17) is 9.72 Å². The third kappa shape index (κ3) is 5.09. The van der Waals surface area contributed by atoms with Gasteiger partial charge in [0.25, 0.3) is 0 Å². The quantitative estimate of drug-likeness (QED) is 0.478. The monoisotopic (exact) mass is 351 g/mol. The molecule has 0 amide bonds. The minimum absolute atomic E-state index is 0.702. The summed E-state index contributed by atoms with van der Waals surface area (Å²) < 4.78 is 5.51. The Kier molecular flexibility index (Phi) is 7.11. The average Bonchev–Trinajstić information content (AvgIpc) is 2.70. The van der Waals surface area contributed by atoms with Crippen LogP contribution in [0.2, 0.25) is 0 Å². The van der Waals surface area contributed by atoms with E-state index in [2.05, 4.69) is 37.4 Å². The Labute approximate surface area is 159 Å². The fourth-order valence-corrected chi connectivity index (χ4v) is 4.17. The molecule has 0 saturated heterocycles. The molecule has 1 aliphatic rings. The molecule has 0 aliphatic heterocycles. The molecule has 26 heavy (non-hydrogen) atoms. The summed E-state index contributed by atoms with van der Waals surface area (Å²) in [6, 6.07) is 12.7. The summed E-state index contributed by atoms with van der Waals surface area (Å²) in [6.45, 7) is 5.00. The van der Waals surface area contributed by atoms with Crippen molar-refractivity contribution in [3.05, 3.63) is 48.2 Å². The van der Waals surface area contributed by atoms with Crippen molar-refractivity contribution in [2.24, 2.45) is 5.92 Å². The predicted molar refractivity (Wildman–Crippen MR) is 110 cm³/mol. The van der Waals surface area contributed by atoms with Crippen LogP contribution in [-0.2, 0) is 0 Å². The zero-order chi connectivity index (χ0) is 18.2. The number of nitrogens with zero attached hydrogens (tertiary/aromatic N) is 1. The summed E-state index contributed by atoms with van der Waals surface area (Å²) in [5.41, 5.74) is 3.62. The Morgan fingerprint density at radius 3 is 2.31 bits per heavy atom. The van der Waals surface area contributed by atoms with Crippen LogP contribution in [0.4, 0.5) is 0 Å². The van der Waals surface area contributed by atoms with Crippen LogP contribution in [0.15, 0.2) is 42.6 Å². The van der Waals surface area contributed by atoms with Gasteiger partial charge in [-0.3, -0.25) is 4.98 Å². The van der Waals surface area contributed by atoms with E-state index in [9.17, 15) is 0 Å². The van der Waals surface area contributed by atoms with Crippen molar-refractivity contribution in [2.45, 2.75) is 71.1 Å². The molecular weight excluding hydrogens is 318 g/mol. The van der Waals surface area contributed by atoms with Crippen LogP contribution in [0.3, 0.4) is 0 Å². The Balaban J connectivity index is 1.55. The fraction of sp³-hybridized carbons (Fsp3) is 0.542. The van der Waals surface area contributed by atoms with Crippen LogP contribution in [0.25, 0.3) is 11.3 Å². The van der Waals surface area contributed by atoms with Crippen molar-refractivity contribution in [2.75, 3.05) is 6.61 Å². The first-order valence-electron chi connectivity index (χ1n) is 10.5. The third-order valence-corrected chi connectivity index (χ3v) is 5.78. The molecule has 1 aromatic carbocycles. The molecule has 1 aromatic heterocycles. The van der Waals surface area contributed by atoms with Crippen LogP contribution in [0.5, 0.6) is 5.75 Å². The molecule has 2 nitrogen and oxygen atoms in total. The van der Waals surface area contributed by atoms with Gasteiger partial charge in [-0.05, 0) is 80.3 Å². The molecule has 0 N–H and O–H groups in total. The minimum atomic E-state index is 0.702. The first-order valence-corrected chi connectivity index (χ1v) is 10.5. The Morgan fingerprint density at radius 1 is 0.923 bits per heavy atom. The largest absolute Gasteiger partial charge is 0.494 e. The standard InChI is InChI=1S/C24H33NO/c1-3-5-6-7-19-8-10-20(11-9-19)22-14-17-24(25-18-22)21-12-15-23(16-13-21)26-4-2/h12-20H,3-11H2,1-2H3. The molecule has 3 rings (SSSR count). The zero-order valence-electron chi connectivity index (χ0n) is 16.4. The van der Waals surface area contributed by atoms with Crippen LogP contribution >= 0.6 is 0 Å². The number of pyridine rings is 1. The highest BCUT2D eigenvalue weighted by Gasteiger charge is 2.22. The molecular formula is C24H33NO. The lowest BCUT2D eigenvalue weighted by Gasteiger charge is -2.28. The summed E-state index contributed by atoms with van der Waals surface area (Å²) in [4.78, 5) is 4.74. The van der Waals surface area contributed by atoms with Gasteiger partial charge in [-0.25, -0.2) is 0 Å². The molecule has 1 saturated carbocycles. The summed E-state index contributed by atoms with van der Waals surface area (Å²) in [5, 5.41) is 0. The van der Waals surface area contributed by atoms with Gasteiger partial charge in [-0.2, -0.15) is 0 Å². The topological polar surface area (TPSA) is 22.1 Å². The van der Waals surface area contributed by atoms with Crippen molar-refractivity contribution in [1.82, 2.24) is 4.98 Å². The zero-order valence-corrected chi connectivity index (χ0v) is 16.4. The normalized spacial score (nSPS) is 20.1. The second-order valence-electron chi connectivity index (χ2n) is 7.65. The number of ether oxygens (including phenoxy) is 1. The highest BCUT2D eigenvalue weighted by molar-refractivity contribution is 5.60. The summed E-state index contributed by atoms with van der Waals surface area (Å²) >= 11 is 0. The SMILES string of the molecule is CCCCCC1CCC(c2ccc(-c3ccc(OCC)cc3)nc2)CC1. The van der Waals surface area contributed by atoms with Crippen LogP contribution < -0.4 is 4.74 Å². The van der Waals surface area contributed by atoms with E-state index >= 15 is 0 Å². The lowest BCUT2D eigenvalue weighted by Crippen LogP contribution is -2.13. The van der Waals surface area contributed by atoms with Crippen molar-refractivity contribution in [1.29, 1.82) is 0 Å². The molecule has 1 aliphatic carbocycles. The van der Waals surface area contributed by atoms with E-state index in [0.29, 0.717) is 12.5 Å².